The van der Waals surface area contributed by atoms with Crippen molar-refractivity contribution in [2.24, 2.45) is 0 Å². The van der Waals surface area contributed by atoms with Gasteiger partial charge >= 0.3 is 5.63 Å². The van der Waals surface area contributed by atoms with Gasteiger partial charge in [0.2, 0.25) is 0 Å². The number of aryl methyl sites for hydroxylation is 1. The second-order valence-corrected chi connectivity index (χ2v) is 6.24. The summed E-state index contributed by atoms with van der Waals surface area (Å²) in [6.45, 7) is 1.49. The van der Waals surface area contributed by atoms with Gasteiger partial charge in [0.15, 0.2) is 0 Å². The molecule has 1 aliphatic carbocycles. The van der Waals surface area contributed by atoms with Gasteiger partial charge in [-0.2, -0.15) is 0 Å². The molecule has 126 valence electrons. The van der Waals surface area contributed by atoms with Gasteiger partial charge in [-0.3, -0.25) is 4.79 Å². The first-order valence-corrected chi connectivity index (χ1v) is 8.21. The maximum atomic E-state index is 12.5. The van der Waals surface area contributed by atoms with Crippen molar-refractivity contribution < 1.29 is 14.3 Å². The average Bonchev–Trinajstić information content (AvgIpc) is 2.51. The Hall–Kier alpha value is -2.40. The van der Waals surface area contributed by atoms with Crippen LogP contribution in [0, 0.1) is 6.92 Å². The van der Waals surface area contributed by atoms with E-state index < -0.39 is 17.6 Å². The zero-order valence-corrected chi connectivity index (χ0v) is 13.6. The fourth-order valence-electron chi connectivity index (χ4n) is 2.95. The fourth-order valence-corrected chi connectivity index (χ4v) is 2.95. The van der Waals surface area contributed by atoms with E-state index >= 15 is 0 Å². The van der Waals surface area contributed by atoms with Gasteiger partial charge in [0, 0.05) is 5.92 Å². The maximum absolute atomic E-state index is 12.5. The summed E-state index contributed by atoms with van der Waals surface area (Å²) in [5.41, 5.74) is 0.781. The van der Waals surface area contributed by atoms with Crippen molar-refractivity contribution in [1.29, 1.82) is 0 Å². The van der Waals surface area contributed by atoms with Gasteiger partial charge in [-0.1, -0.05) is 36.8 Å². The third kappa shape index (κ3) is 3.26. The summed E-state index contributed by atoms with van der Waals surface area (Å²) in [5.74, 6) is 0.439. The molecule has 2 aromatic rings. The van der Waals surface area contributed by atoms with Crippen molar-refractivity contribution >= 4 is 5.91 Å². The summed E-state index contributed by atoms with van der Waals surface area (Å²) < 4.78 is 5.36. The number of amides is 1. The first-order chi connectivity index (χ1) is 11.6. The number of benzene rings is 1. The monoisotopic (exact) mass is 327 g/mol. The normalized spacial score (nSPS) is 15.6. The van der Waals surface area contributed by atoms with Crippen molar-refractivity contribution in [1.82, 2.24) is 5.32 Å². The second kappa shape index (κ2) is 7.01. The zero-order chi connectivity index (χ0) is 17.1. The highest BCUT2D eigenvalue weighted by Gasteiger charge is 2.26. The predicted octanol–water partition coefficient (Wildman–Crippen LogP) is 2.68. The first kappa shape index (κ1) is 16.5. The summed E-state index contributed by atoms with van der Waals surface area (Å²) in [6, 6.07) is 10.4. The van der Waals surface area contributed by atoms with Gasteiger partial charge in [-0.15, -0.1) is 0 Å². The van der Waals surface area contributed by atoms with Gasteiger partial charge in [0.1, 0.15) is 11.3 Å². The van der Waals surface area contributed by atoms with Crippen LogP contribution in [0.3, 0.4) is 0 Å². The number of aliphatic hydroxyl groups excluding tert-OH is 1. The van der Waals surface area contributed by atoms with Crippen LogP contribution in [0.2, 0.25) is 0 Å². The molecule has 2 N–H and O–H groups in total. The molecule has 1 atom stereocenters. The molecule has 1 heterocycles. The summed E-state index contributed by atoms with van der Waals surface area (Å²) in [7, 11) is 0. The molecular formula is C19H21NO4. The third-order valence-electron chi connectivity index (χ3n) is 4.59. The SMILES string of the molecule is Cc1cc(C2CCC2)oc(=O)c1C(=O)N[C@@H](CO)c1ccccc1. The Bertz CT molecular complexity index is 778. The van der Waals surface area contributed by atoms with Crippen LogP contribution in [0.15, 0.2) is 45.6 Å². The standard InChI is InChI=1S/C19H21NO4/c1-12-10-16(14-8-5-9-14)24-19(23)17(12)18(22)20-15(11-21)13-6-3-2-4-7-13/h2-4,6-7,10,14-15,21H,5,8-9,11H2,1H3,(H,20,22)/t15-/m0/s1. The molecule has 1 fully saturated rings. The highest BCUT2D eigenvalue weighted by atomic mass is 16.4. The fraction of sp³-hybridized carbons (Fsp3) is 0.368. The molecule has 5 nitrogen and oxygen atoms in total. The molecule has 24 heavy (non-hydrogen) atoms. The van der Waals surface area contributed by atoms with Crippen molar-refractivity contribution in [3.63, 3.8) is 0 Å². The second-order valence-electron chi connectivity index (χ2n) is 6.24. The number of hydrogen-bond acceptors (Lipinski definition) is 4. The molecule has 0 saturated heterocycles. The molecule has 1 aromatic carbocycles. The number of carbonyl (C=O) groups excluding carboxylic acids is 1. The minimum Gasteiger partial charge on any atom is -0.427 e. The van der Waals surface area contributed by atoms with E-state index in [1.807, 2.05) is 30.3 Å². The molecule has 0 aliphatic heterocycles. The quantitative estimate of drug-likeness (QED) is 0.885. The van der Waals surface area contributed by atoms with E-state index in [0.717, 1.165) is 24.8 Å². The molecule has 0 unspecified atom stereocenters. The van der Waals surface area contributed by atoms with Crippen LogP contribution in [-0.2, 0) is 0 Å². The molecule has 0 spiro atoms. The van der Waals surface area contributed by atoms with E-state index in [1.165, 1.54) is 0 Å². The van der Waals surface area contributed by atoms with Crippen LogP contribution in [0.25, 0.3) is 0 Å². The average molecular weight is 327 g/mol. The lowest BCUT2D eigenvalue weighted by Gasteiger charge is -2.24. The van der Waals surface area contributed by atoms with Gasteiger partial charge in [-0.25, -0.2) is 4.79 Å². The summed E-state index contributed by atoms with van der Waals surface area (Å²) in [5, 5.41) is 12.3. The zero-order valence-electron chi connectivity index (χ0n) is 13.6. The minimum absolute atomic E-state index is 0.00690. The number of aliphatic hydroxyl groups is 1. The van der Waals surface area contributed by atoms with E-state index in [9.17, 15) is 14.7 Å². The highest BCUT2D eigenvalue weighted by molar-refractivity contribution is 5.95. The molecule has 1 saturated carbocycles. The van der Waals surface area contributed by atoms with Crippen molar-refractivity contribution in [2.75, 3.05) is 6.61 Å². The van der Waals surface area contributed by atoms with Crippen molar-refractivity contribution in [3.8, 4) is 0 Å². The third-order valence-corrected chi connectivity index (χ3v) is 4.59. The lowest BCUT2D eigenvalue weighted by molar-refractivity contribution is 0.0910. The van der Waals surface area contributed by atoms with E-state index in [0.29, 0.717) is 17.2 Å². The number of carbonyl (C=O) groups is 1. The smallest absolute Gasteiger partial charge is 0.349 e. The Labute approximate surface area is 140 Å². The van der Waals surface area contributed by atoms with Gasteiger partial charge in [-0.05, 0) is 37.0 Å². The summed E-state index contributed by atoms with van der Waals surface area (Å²) in [6.07, 6.45) is 3.19. The summed E-state index contributed by atoms with van der Waals surface area (Å²) in [4.78, 5) is 24.8. The van der Waals surface area contributed by atoms with Crippen LogP contribution in [-0.4, -0.2) is 17.6 Å². The van der Waals surface area contributed by atoms with Gasteiger partial charge in [0.25, 0.3) is 5.91 Å². The predicted molar refractivity (Wildman–Crippen MR) is 90.0 cm³/mol. The van der Waals surface area contributed by atoms with Crippen LogP contribution < -0.4 is 10.9 Å². The van der Waals surface area contributed by atoms with Crippen molar-refractivity contribution in [2.45, 2.75) is 38.1 Å². The number of rotatable bonds is 5. The number of nitrogens with one attached hydrogen (secondary N) is 1. The molecule has 1 amide bonds. The highest BCUT2D eigenvalue weighted by Crippen LogP contribution is 2.36. The van der Waals surface area contributed by atoms with Gasteiger partial charge < -0.3 is 14.8 Å². The largest absolute Gasteiger partial charge is 0.427 e. The van der Waals surface area contributed by atoms with Crippen LogP contribution in [0.1, 0.15) is 58.5 Å². The lowest BCUT2D eigenvalue weighted by Crippen LogP contribution is -2.34. The first-order valence-electron chi connectivity index (χ1n) is 8.21. The van der Waals surface area contributed by atoms with Crippen LogP contribution in [0.4, 0.5) is 0 Å². The van der Waals surface area contributed by atoms with Crippen LogP contribution >= 0.6 is 0 Å². The molecule has 1 aliphatic rings. The molecule has 0 bridgehead atoms. The Kier molecular flexibility index (Phi) is 4.81. The molecular weight excluding hydrogens is 306 g/mol. The maximum Gasteiger partial charge on any atom is 0.349 e. The van der Waals surface area contributed by atoms with E-state index in [2.05, 4.69) is 5.32 Å². The summed E-state index contributed by atoms with van der Waals surface area (Å²) >= 11 is 0. The van der Waals surface area contributed by atoms with E-state index in [-0.39, 0.29) is 12.2 Å². The minimum atomic E-state index is -0.612. The Balaban J connectivity index is 1.83. The van der Waals surface area contributed by atoms with Crippen molar-refractivity contribution in [3.05, 3.63) is 69.3 Å². The molecule has 3 rings (SSSR count). The lowest BCUT2D eigenvalue weighted by atomic mass is 9.83. The molecule has 0 radical (unpaired) electrons. The van der Waals surface area contributed by atoms with Crippen LogP contribution in [0.5, 0.6) is 0 Å². The van der Waals surface area contributed by atoms with Gasteiger partial charge in [0.05, 0.1) is 12.6 Å². The van der Waals surface area contributed by atoms with E-state index in [1.54, 1.807) is 13.0 Å². The Morgan fingerprint density at radius 2 is 2.04 bits per heavy atom. The Morgan fingerprint density at radius 1 is 1.33 bits per heavy atom. The Morgan fingerprint density at radius 3 is 2.58 bits per heavy atom. The number of hydrogen-bond donors (Lipinski definition) is 2. The molecule has 1 aromatic heterocycles. The molecule has 5 heteroatoms. The topological polar surface area (TPSA) is 79.5 Å². The van der Waals surface area contributed by atoms with E-state index in [4.69, 9.17) is 4.42 Å².